The first-order chi connectivity index (χ1) is 10.1. The highest BCUT2D eigenvalue weighted by molar-refractivity contribution is 7.80. The maximum Gasteiger partial charge on any atom is 0.170 e. The first-order valence-electron chi connectivity index (χ1n) is 6.61. The summed E-state index contributed by atoms with van der Waals surface area (Å²) in [6.45, 7) is 2.84. The molecule has 0 amide bonds. The van der Waals surface area contributed by atoms with Gasteiger partial charge in [-0.05, 0) is 41.9 Å². The summed E-state index contributed by atoms with van der Waals surface area (Å²) in [5.74, 6) is -0.110. The van der Waals surface area contributed by atoms with Gasteiger partial charge in [0.05, 0.1) is 5.02 Å². The van der Waals surface area contributed by atoms with E-state index >= 15 is 0 Å². The minimum absolute atomic E-state index is 0.0699. The molecule has 2 rings (SSSR count). The van der Waals surface area contributed by atoms with Gasteiger partial charge in [-0.15, -0.1) is 0 Å². The number of anilines is 1. The van der Waals surface area contributed by atoms with Gasteiger partial charge in [-0.2, -0.15) is 0 Å². The molecule has 0 radical (unpaired) electrons. The molecule has 0 aromatic heterocycles. The summed E-state index contributed by atoms with van der Waals surface area (Å²) in [6, 6.07) is 14.6. The molecule has 0 saturated carbocycles. The maximum absolute atomic E-state index is 13.1. The van der Waals surface area contributed by atoms with Crippen LogP contribution in [0.3, 0.4) is 0 Å². The van der Waals surface area contributed by atoms with Crippen molar-refractivity contribution in [2.24, 2.45) is 0 Å². The van der Waals surface area contributed by atoms with Crippen LogP contribution in [0.25, 0.3) is 0 Å². The molecule has 0 spiro atoms. The molecule has 110 valence electrons. The first kappa shape index (κ1) is 15.7. The largest absolute Gasteiger partial charge is 0.362 e. The minimum Gasteiger partial charge on any atom is -0.362 e. The van der Waals surface area contributed by atoms with Gasteiger partial charge in [0.1, 0.15) is 5.82 Å². The molecule has 2 nitrogen and oxygen atoms in total. The third kappa shape index (κ3) is 4.69. The van der Waals surface area contributed by atoms with Crippen molar-refractivity contribution in [1.82, 2.24) is 5.32 Å². The van der Waals surface area contributed by atoms with E-state index in [1.54, 1.807) is 6.07 Å². The number of thiocarbonyl (C=S) groups is 1. The second-order valence-corrected chi connectivity index (χ2v) is 5.59. The standard InChI is InChI=1S/C16H16ClFN2S/c1-11(12-5-3-2-4-6-12)10-19-16(21)20-13-7-8-15(18)14(17)9-13/h2-9,11H,10H2,1H3,(H2,19,20,21)/t11-/m0/s1. The summed E-state index contributed by atoms with van der Waals surface area (Å²) in [5.41, 5.74) is 1.91. The molecule has 0 bridgehead atoms. The van der Waals surface area contributed by atoms with Crippen LogP contribution < -0.4 is 10.6 Å². The van der Waals surface area contributed by atoms with Gasteiger partial charge < -0.3 is 10.6 Å². The predicted molar refractivity (Wildman–Crippen MR) is 90.5 cm³/mol. The molecule has 2 aromatic rings. The van der Waals surface area contributed by atoms with Crippen LogP contribution in [0, 0.1) is 5.82 Å². The molecule has 1 atom stereocenters. The Balaban J connectivity index is 1.86. The van der Waals surface area contributed by atoms with E-state index in [0.717, 1.165) is 0 Å². The van der Waals surface area contributed by atoms with Crippen molar-refractivity contribution in [1.29, 1.82) is 0 Å². The van der Waals surface area contributed by atoms with Gasteiger partial charge in [-0.1, -0.05) is 48.9 Å². The van der Waals surface area contributed by atoms with Crippen LogP contribution in [0.1, 0.15) is 18.4 Å². The lowest BCUT2D eigenvalue weighted by Gasteiger charge is -2.15. The topological polar surface area (TPSA) is 24.1 Å². The van der Waals surface area contributed by atoms with Crippen molar-refractivity contribution >= 4 is 34.6 Å². The normalized spacial score (nSPS) is 11.8. The molecule has 5 heteroatoms. The summed E-state index contributed by atoms with van der Waals surface area (Å²) in [6.07, 6.45) is 0. The molecule has 0 saturated heterocycles. The second-order valence-electron chi connectivity index (χ2n) is 4.78. The van der Waals surface area contributed by atoms with Crippen molar-refractivity contribution in [2.45, 2.75) is 12.8 Å². The second kappa shape index (κ2) is 7.38. The monoisotopic (exact) mass is 322 g/mol. The van der Waals surface area contributed by atoms with Crippen LogP contribution >= 0.6 is 23.8 Å². The fourth-order valence-electron chi connectivity index (χ4n) is 1.89. The Hall–Kier alpha value is -1.65. The number of halogens is 2. The van der Waals surface area contributed by atoms with E-state index in [1.165, 1.54) is 17.7 Å². The molecule has 0 unspecified atom stereocenters. The Labute approximate surface area is 134 Å². The van der Waals surface area contributed by atoms with Crippen molar-refractivity contribution in [3.63, 3.8) is 0 Å². The Bertz CT molecular complexity index is 619. The zero-order valence-corrected chi connectivity index (χ0v) is 13.1. The average Bonchev–Trinajstić information content (AvgIpc) is 2.49. The number of rotatable bonds is 4. The Morgan fingerprint density at radius 3 is 2.62 bits per heavy atom. The van der Waals surface area contributed by atoms with Gasteiger partial charge in [-0.25, -0.2) is 4.39 Å². The van der Waals surface area contributed by atoms with Crippen LogP contribution in [0.5, 0.6) is 0 Å². The first-order valence-corrected chi connectivity index (χ1v) is 7.39. The number of nitrogens with one attached hydrogen (secondary N) is 2. The van der Waals surface area contributed by atoms with E-state index in [4.69, 9.17) is 23.8 Å². The van der Waals surface area contributed by atoms with Crippen LogP contribution in [0.2, 0.25) is 5.02 Å². The van der Waals surface area contributed by atoms with Gasteiger partial charge in [0.15, 0.2) is 5.11 Å². The number of hydrogen-bond donors (Lipinski definition) is 2. The smallest absolute Gasteiger partial charge is 0.170 e. The van der Waals surface area contributed by atoms with Gasteiger partial charge in [0.25, 0.3) is 0 Å². The van der Waals surface area contributed by atoms with E-state index in [2.05, 4.69) is 29.7 Å². The highest BCUT2D eigenvalue weighted by Crippen LogP contribution is 2.19. The highest BCUT2D eigenvalue weighted by atomic mass is 35.5. The summed E-state index contributed by atoms with van der Waals surface area (Å²) in [7, 11) is 0. The number of benzene rings is 2. The van der Waals surface area contributed by atoms with E-state index < -0.39 is 5.82 Å². The molecule has 2 aromatic carbocycles. The third-order valence-electron chi connectivity index (χ3n) is 3.11. The lowest BCUT2D eigenvalue weighted by Crippen LogP contribution is -2.31. The van der Waals surface area contributed by atoms with E-state index in [-0.39, 0.29) is 5.02 Å². The summed E-state index contributed by atoms with van der Waals surface area (Å²) in [5, 5.41) is 6.69. The van der Waals surface area contributed by atoms with Crippen LogP contribution in [-0.4, -0.2) is 11.7 Å². The molecular formula is C16H16ClFN2S. The Kier molecular flexibility index (Phi) is 5.53. The lowest BCUT2D eigenvalue weighted by atomic mass is 10.0. The quantitative estimate of drug-likeness (QED) is 0.806. The predicted octanol–water partition coefficient (Wildman–Crippen LogP) is 4.57. The van der Waals surface area contributed by atoms with Gasteiger partial charge in [-0.3, -0.25) is 0 Å². The highest BCUT2D eigenvalue weighted by Gasteiger charge is 2.06. The van der Waals surface area contributed by atoms with Crippen LogP contribution in [-0.2, 0) is 0 Å². The third-order valence-corrected chi connectivity index (χ3v) is 3.65. The molecular weight excluding hydrogens is 307 g/mol. The Morgan fingerprint density at radius 1 is 1.24 bits per heavy atom. The maximum atomic E-state index is 13.1. The van der Waals surface area contributed by atoms with E-state index in [0.29, 0.717) is 23.3 Å². The van der Waals surface area contributed by atoms with E-state index in [1.807, 2.05) is 18.2 Å². The molecule has 2 N–H and O–H groups in total. The zero-order chi connectivity index (χ0) is 15.2. The summed E-state index contributed by atoms with van der Waals surface area (Å²) < 4.78 is 13.1. The van der Waals surface area contributed by atoms with Gasteiger partial charge >= 0.3 is 0 Å². The fourth-order valence-corrected chi connectivity index (χ4v) is 2.28. The lowest BCUT2D eigenvalue weighted by molar-refractivity contribution is 0.628. The molecule has 0 fully saturated rings. The molecule has 0 aliphatic rings. The Morgan fingerprint density at radius 2 is 1.95 bits per heavy atom. The van der Waals surface area contributed by atoms with Crippen LogP contribution in [0.15, 0.2) is 48.5 Å². The van der Waals surface area contributed by atoms with Crippen molar-refractivity contribution in [3.8, 4) is 0 Å². The molecule has 0 heterocycles. The molecule has 21 heavy (non-hydrogen) atoms. The van der Waals surface area contributed by atoms with Crippen LogP contribution in [0.4, 0.5) is 10.1 Å². The van der Waals surface area contributed by atoms with Crippen molar-refractivity contribution in [3.05, 3.63) is 64.9 Å². The zero-order valence-electron chi connectivity index (χ0n) is 11.6. The average molecular weight is 323 g/mol. The minimum atomic E-state index is -0.446. The van der Waals surface area contributed by atoms with Crippen molar-refractivity contribution < 1.29 is 4.39 Å². The summed E-state index contributed by atoms with van der Waals surface area (Å²) in [4.78, 5) is 0. The van der Waals surface area contributed by atoms with Gasteiger partial charge in [0.2, 0.25) is 0 Å². The molecule has 0 aliphatic heterocycles. The number of hydrogen-bond acceptors (Lipinski definition) is 1. The van der Waals surface area contributed by atoms with E-state index in [9.17, 15) is 4.39 Å². The summed E-state index contributed by atoms with van der Waals surface area (Å²) >= 11 is 10.9. The fraction of sp³-hybridized carbons (Fsp3) is 0.188. The SMILES string of the molecule is C[C@@H](CNC(=S)Nc1ccc(F)c(Cl)c1)c1ccccc1. The van der Waals surface area contributed by atoms with Gasteiger partial charge in [0, 0.05) is 12.2 Å². The van der Waals surface area contributed by atoms with Crippen molar-refractivity contribution in [2.75, 3.05) is 11.9 Å². The molecule has 0 aliphatic carbocycles.